The Morgan fingerprint density at radius 2 is 1.95 bits per heavy atom. The summed E-state index contributed by atoms with van der Waals surface area (Å²) in [5.74, 6) is 0.829. The van der Waals surface area contributed by atoms with Crippen LogP contribution in [0.1, 0.15) is 10.4 Å². The number of fused-ring (bicyclic) bond motifs is 1. The fraction of sp³-hybridized carbons (Fsp3) is 0.462. The number of hydrogen-bond acceptors (Lipinski definition) is 2. The highest BCUT2D eigenvalue weighted by atomic mass is 79.9. The largest absolute Gasteiger partial charge is 0.338 e. The van der Waals surface area contributed by atoms with Crippen LogP contribution in [0.4, 0.5) is 4.39 Å². The average Bonchev–Trinajstić information content (AvgIpc) is 2.92. The molecule has 0 spiro atoms. The van der Waals surface area contributed by atoms with E-state index in [-0.39, 0.29) is 24.1 Å². The van der Waals surface area contributed by atoms with Crippen LogP contribution < -0.4 is 5.32 Å². The van der Waals surface area contributed by atoms with Crippen LogP contribution in [0.15, 0.2) is 22.7 Å². The first-order chi connectivity index (χ1) is 8.65. The van der Waals surface area contributed by atoms with E-state index in [0.717, 1.165) is 26.2 Å². The van der Waals surface area contributed by atoms with Crippen molar-refractivity contribution in [1.29, 1.82) is 0 Å². The normalized spacial score (nSPS) is 25.1. The molecule has 0 radical (unpaired) electrons. The molecule has 0 unspecified atom stereocenters. The predicted octanol–water partition coefficient (Wildman–Crippen LogP) is 2.30. The molecule has 0 saturated carbocycles. The molecule has 104 valence electrons. The van der Waals surface area contributed by atoms with Crippen LogP contribution in [0.2, 0.25) is 0 Å². The van der Waals surface area contributed by atoms with Gasteiger partial charge in [0.25, 0.3) is 5.91 Å². The highest BCUT2D eigenvalue weighted by Gasteiger charge is 2.38. The minimum Gasteiger partial charge on any atom is -0.338 e. The molecule has 0 aliphatic carbocycles. The number of nitrogens with one attached hydrogen (secondary N) is 1. The van der Waals surface area contributed by atoms with Crippen LogP contribution in [-0.2, 0) is 0 Å². The van der Waals surface area contributed by atoms with E-state index in [2.05, 4.69) is 21.2 Å². The fourth-order valence-electron chi connectivity index (χ4n) is 2.83. The minimum absolute atomic E-state index is 0. The van der Waals surface area contributed by atoms with Crippen LogP contribution in [0.3, 0.4) is 0 Å². The maximum atomic E-state index is 13.1. The summed E-state index contributed by atoms with van der Waals surface area (Å²) in [4.78, 5) is 14.2. The Kier molecular flexibility index (Phi) is 4.48. The second-order valence-electron chi connectivity index (χ2n) is 5.02. The molecule has 2 fully saturated rings. The molecule has 6 heteroatoms. The van der Waals surface area contributed by atoms with E-state index < -0.39 is 0 Å². The van der Waals surface area contributed by atoms with Crippen molar-refractivity contribution >= 4 is 34.2 Å². The summed E-state index contributed by atoms with van der Waals surface area (Å²) in [6, 6.07) is 4.44. The van der Waals surface area contributed by atoms with Crippen LogP contribution in [-0.4, -0.2) is 37.0 Å². The lowest BCUT2D eigenvalue weighted by atomic mass is 10.0. The van der Waals surface area contributed by atoms with E-state index in [9.17, 15) is 9.18 Å². The lowest BCUT2D eigenvalue weighted by Crippen LogP contribution is -2.31. The van der Waals surface area contributed by atoms with Gasteiger partial charge in [-0.25, -0.2) is 4.39 Å². The molecule has 1 N–H and O–H groups in total. The summed E-state index contributed by atoms with van der Waals surface area (Å²) in [7, 11) is 0. The topological polar surface area (TPSA) is 32.3 Å². The Morgan fingerprint density at radius 3 is 2.53 bits per heavy atom. The molecular formula is C13H15BrClFN2O. The second kappa shape index (κ2) is 5.77. The molecule has 19 heavy (non-hydrogen) atoms. The van der Waals surface area contributed by atoms with E-state index in [1.54, 1.807) is 12.1 Å². The third-order valence-corrected chi connectivity index (χ3v) is 4.45. The SMILES string of the molecule is Cl.O=C(c1ccc(F)c(Br)c1)N1C[C@H]2CNC[C@H]2C1. The Labute approximate surface area is 126 Å². The van der Waals surface area contributed by atoms with Crippen molar-refractivity contribution in [3.63, 3.8) is 0 Å². The van der Waals surface area contributed by atoms with Gasteiger partial charge in [-0.3, -0.25) is 4.79 Å². The molecule has 2 heterocycles. The van der Waals surface area contributed by atoms with Crippen LogP contribution in [0, 0.1) is 17.7 Å². The van der Waals surface area contributed by atoms with Gasteiger partial charge in [-0.15, -0.1) is 12.4 Å². The van der Waals surface area contributed by atoms with E-state index in [0.29, 0.717) is 21.9 Å². The first kappa shape index (κ1) is 14.8. The van der Waals surface area contributed by atoms with Crippen molar-refractivity contribution in [2.24, 2.45) is 11.8 Å². The highest BCUT2D eigenvalue weighted by Crippen LogP contribution is 2.28. The number of rotatable bonds is 1. The molecule has 2 aliphatic heterocycles. The third kappa shape index (κ3) is 2.78. The maximum absolute atomic E-state index is 13.1. The number of benzene rings is 1. The molecule has 1 aromatic rings. The molecular weight excluding hydrogens is 335 g/mol. The van der Waals surface area contributed by atoms with Gasteiger partial charge in [0.05, 0.1) is 4.47 Å². The van der Waals surface area contributed by atoms with Gasteiger partial charge >= 0.3 is 0 Å². The number of halogens is 3. The first-order valence-electron chi connectivity index (χ1n) is 6.10. The standard InChI is InChI=1S/C13H14BrFN2O.ClH/c14-11-3-8(1-2-12(11)15)13(18)17-6-9-4-16-5-10(9)7-17;/h1-3,9-10,16H,4-7H2;1H/t9-,10+;. The molecule has 1 amide bonds. The number of nitrogens with zero attached hydrogens (tertiary/aromatic N) is 1. The highest BCUT2D eigenvalue weighted by molar-refractivity contribution is 9.10. The Bertz CT molecular complexity index is 488. The molecule has 0 aromatic heterocycles. The van der Waals surface area contributed by atoms with Gasteiger partial charge in [0.15, 0.2) is 0 Å². The zero-order chi connectivity index (χ0) is 12.7. The predicted molar refractivity (Wildman–Crippen MR) is 77.1 cm³/mol. The smallest absolute Gasteiger partial charge is 0.253 e. The van der Waals surface area contributed by atoms with Gasteiger partial charge in [-0.05, 0) is 46.0 Å². The number of carbonyl (C=O) groups excluding carboxylic acids is 1. The number of hydrogen-bond donors (Lipinski definition) is 1. The van der Waals surface area contributed by atoms with Crippen molar-refractivity contribution in [2.45, 2.75) is 0 Å². The summed E-state index contributed by atoms with van der Waals surface area (Å²) in [5.41, 5.74) is 0.552. The van der Waals surface area contributed by atoms with Gasteiger partial charge in [-0.1, -0.05) is 0 Å². The van der Waals surface area contributed by atoms with Crippen molar-refractivity contribution in [1.82, 2.24) is 10.2 Å². The van der Waals surface area contributed by atoms with Gasteiger partial charge in [0.1, 0.15) is 5.82 Å². The number of carbonyl (C=O) groups is 1. The maximum Gasteiger partial charge on any atom is 0.253 e. The van der Waals surface area contributed by atoms with Gasteiger partial charge in [-0.2, -0.15) is 0 Å². The minimum atomic E-state index is -0.339. The van der Waals surface area contributed by atoms with Crippen molar-refractivity contribution in [3.8, 4) is 0 Å². The Hall–Kier alpha value is -0.650. The quantitative estimate of drug-likeness (QED) is 0.844. The number of likely N-dealkylation sites (tertiary alicyclic amines) is 1. The fourth-order valence-corrected chi connectivity index (χ4v) is 3.21. The lowest BCUT2D eigenvalue weighted by Gasteiger charge is -2.17. The van der Waals surface area contributed by atoms with Crippen LogP contribution >= 0.6 is 28.3 Å². The Morgan fingerprint density at radius 1 is 1.32 bits per heavy atom. The van der Waals surface area contributed by atoms with Crippen molar-refractivity contribution in [3.05, 3.63) is 34.1 Å². The first-order valence-corrected chi connectivity index (χ1v) is 6.89. The third-order valence-electron chi connectivity index (χ3n) is 3.84. The summed E-state index contributed by atoms with van der Waals surface area (Å²) in [6.45, 7) is 3.63. The van der Waals surface area contributed by atoms with E-state index in [1.165, 1.54) is 6.07 Å². The number of amides is 1. The van der Waals surface area contributed by atoms with E-state index in [4.69, 9.17) is 0 Å². The zero-order valence-corrected chi connectivity index (χ0v) is 12.6. The van der Waals surface area contributed by atoms with E-state index in [1.807, 2.05) is 4.90 Å². The summed E-state index contributed by atoms with van der Waals surface area (Å²) in [6.07, 6.45) is 0. The Balaban J connectivity index is 0.00000133. The summed E-state index contributed by atoms with van der Waals surface area (Å²) in [5, 5.41) is 3.35. The lowest BCUT2D eigenvalue weighted by molar-refractivity contribution is 0.0781. The molecule has 2 aliphatic rings. The molecule has 2 saturated heterocycles. The van der Waals surface area contributed by atoms with Crippen molar-refractivity contribution < 1.29 is 9.18 Å². The molecule has 2 atom stereocenters. The zero-order valence-electron chi connectivity index (χ0n) is 10.2. The van der Waals surface area contributed by atoms with Crippen LogP contribution in [0.25, 0.3) is 0 Å². The second-order valence-corrected chi connectivity index (χ2v) is 5.87. The molecule has 1 aromatic carbocycles. The molecule has 0 bridgehead atoms. The summed E-state index contributed by atoms with van der Waals surface area (Å²) < 4.78 is 13.5. The van der Waals surface area contributed by atoms with Crippen LogP contribution in [0.5, 0.6) is 0 Å². The van der Waals surface area contributed by atoms with Crippen molar-refractivity contribution in [2.75, 3.05) is 26.2 Å². The van der Waals surface area contributed by atoms with Gasteiger partial charge in [0, 0.05) is 31.7 Å². The van der Waals surface area contributed by atoms with Gasteiger partial charge in [0.2, 0.25) is 0 Å². The monoisotopic (exact) mass is 348 g/mol. The molecule has 3 rings (SSSR count). The van der Waals surface area contributed by atoms with E-state index >= 15 is 0 Å². The summed E-state index contributed by atoms with van der Waals surface area (Å²) >= 11 is 3.12. The molecule has 3 nitrogen and oxygen atoms in total. The average molecular weight is 350 g/mol. The van der Waals surface area contributed by atoms with Gasteiger partial charge < -0.3 is 10.2 Å².